The summed E-state index contributed by atoms with van der Waals surface area (Å²) in [6, 6.07) is 0. The monoisotopic (exact) mass is 330 g/mol. The number of carbonyl (C=O) groups is 1. The molecule has 1 unspecified atom stereocenters. The van der Waals surface area contributed by atoms with Crippen molar-refractivity contribution in [2.45, 2.75) is 24.9 Å². The molecule has 23 heavy (non-hydrogen) atoms. The van der Waals surface area contributed by atoms with Crippen molar-refractivity contribution in [3.05, 3.63) is 23.7 Å². The van der Waals surface area contributed by atoms with Gasteiger partial charge >= 0.3 is 12.1 Å². The molecule has 0 radical (unpaired) electrons. The third-order valence-electron chi connectivity index (χ3n) is 3.56. The highest BCUT2D eigenvalue weighted by molar-refractivity contribution is 5.92. The normalized spacial score (nSPS) is 19.1. The molecule has 0 aliphatic carbocycles. The molecule has 1 aliphatic heterocycles. The van der Waals surface area contributed by atoms with Gasteiger partial charge in [0.25, 0.3) is 5.91 Å². The predicted octanol–water partition coefficient (Wildman–Crippen LogP) is 1.24. The van der Waals surface area contributed by atoms with Crippen molar-refractivity contribution in [1.29, 1.82) is 0 Å². The molecular weight excluding hydrogens is 317 g/mol. The van der Waals surface area contributed by atoms with Gasteiger partial charge in [-0.1, -0.05) is 5.21 Å². The van der Waals surface area contributed by atoms with E-state index in [1.807, 2.05) is 0 Å². The molecule has 0 bridgehead atoms. The summed E-state index contributed by atoms with van der Waals surface area (Å²) in [6.07, 6.45) is -1.99. The van der Waals surface area contributed by atoms with Crippen LogP contribution in [0, 0.1) is 0 Å². The van der Waals surface area contributed by atoms with Crippen LogP contribution in [0.1, 0.15) is 41.0 Å². The average molecular weight is 330 g/mol. The van der Waals surface area contributed by atoms with Gasteiger partial charge in [0, 0.05) is 20.1 Å². The fourth-order valence-electron chi connectivity index (χ4n) is 2.48. The van der Waals surface area contributed by atoms with Crippen LogP contribution >= 0.6 is 0 Å². The first-order valence-corrected chi connectivity index (χ1v) is 6.91. The first-order chi connectivity index (χ1) is 10.8. The summed E-state index contributed by atoms with van der Waals surface area (Å²) < 4.78 is 43.7. The number of piperidine rings is 1. The SMILES string of the molecule is Cn1cc(C(=O)N2CCCC(c3nnc(C(F)(F)F)o3)C2)nn1. The molecule has 8 nitrogen and oxygen atoms in total. The zero-order chi connectivity index (χ0) is 16.6. The molecular formula is C12H13F3N6O2. The number of aryl methyl sites for hydroxylation is 1. The van der Waals surface area contributed by atoms with Gasteiger partial charge in [-0.2, -0.15) is 13.2 Å². The molecule has 1 aliphatic rings. The van der Waals surface area contributed by atoms with Gasteiger partial charge in [-0.25, -0.2) is 0 Å². The highest BCUT2D eigenvalue weighted by Crippen LogP contribution is 2.32. The molecule has 0 spiro atoms. The van der Waals surface area contributed by atoms with Gasteiger partial charge in [-0.3, -0.25) is 9.48 Å². The Morgan fingerprint density at radius 1 is 1.35 bits per heavy atom. The second-order valence-electron chi connectivity index (χ2n) is 5.31. The Morgan fingerprint density at radius 3 is 2.74 bits per heavy atom. The van der Waals surface area contributed by atoms with E-state index in [1.54, 1.807) is 7.05 Å². The third kappa shape index (κ3) is 3.17. The van der Waals surface area contributed by atoms with E-state index >= 15 is 0 Å². The summed E-state index contributed by atoms with van der Waals surface area (Å²) in [5.74, 6) is -2.22. The lowest BCUT2D eigenvalue weighted by atomic mass is 9.98. The molecule has 11 heteroatoms. The summed E-state index contributed by atoms with van der Waals surface area (Å²) >= 11 is 0. The molecule has 0 saturated carbocycles. The van der Waals surface area contributed by atoms with E-state index in [0.29, 0.717) is 19.4 Å². The quantitative estimate of drug-likeness (QED) is 0.823. The van der Waals surface area contributed by atoms with Gasteiger partial charge in [0.2, 0.25) is 5.89 Å². The molecule has 1 atom stereocenters. The Morgan fingerprint density at radius 2 is 2.13 bits per heavy atom. The van der Waals surface area contributed by atoms with Crippen LogP contribution in [0.15, 0.2) is 10.6 Å². The average Bonchev–Trinajstić information content (AvgIpc) is 3.15. The molecule has 1 saturated heterocycles. The molecule has 1 fully saturated rings. The van der Waals surface area contributed by atoms with Crippen LogP contribution in [0.25, 0.3) is 0 Å². The van der Waals surface area contributed by atoms with Crippen molar-refractivity contribution in [2.24, 2.45) is 7.05 Å². The number of halogens is 3. The lowest BCUT2D eigenvalue weighted by Gasteiger charge is -2.30. The topological polar surface area (TPSA) is 89.9 Å². The fourth-order valence-corrected chi connectivity index (χ4v) is 2.48. The maximum Gasteiger partial charge on any atom is 0.470 e. The van der Waals surface area contributed by atoms with E-state index in [9.17, 15) is 18.0 Å². The van der Waals surface area contributed by atoms with E-state index in [1.165, 1.54) is 15.8 Å². The van der Waals surface area contributed by atoms with Crippen LogP contribution in [0.4, 0.5) is 13.2 Å². The Balaban J connectivity index is 1.73. The first-order valence-electron chi connectivity index (χ1n) is 6.91. The third-order valence-corrected chi connectivity index (χ3v) is 3.56. The molecule has 3 rings (SSSR count). The standard InChI is InChI=1S/C12H13F3N6O2/c1-20-6-8(16-19-20)10(22)21-4-2-3-7(5-21)9-17-18-11(23-9)12(13,14)15/h6-7H,2-5H2,1H3. The molecule has 124 valence electrons. The predicted molar refractivity (Wildman–Crippen MR) is 68.2 cm³/mol. The lowest BCUT2D eigenvalue weighted by Crippen LogP contribution is -2.39. The van der Waals surface area contributed by atoms with Gasteiger partial charge in [0.1, 0.15) is 0 Å². The van der Waals surface area contributed by atoms with E-state index in [4.69, 9.17) is 4.42 Å². The van der Waals surface area contributed by atoms with Crippen LogP contribution < -0.4 is 0 Å². The maximum absolute atomic E-state index is 12.5. The van der Waals surface area contributed by atoms with Gasteiger partial charge in [-0.05, 0) is 12.8 Å². The number of nitrogens with zero attached hydrogens (tertiary/aromatic N) is 6. The number of hydrogen-bond acceptors (Lipinski definition) is 6. The Labute approximate surface area is 128 Å². The molecule has 0 aromatic carbocycles. The summed E-state index contributed by atoms with van der Waals surface area (Å²) in [6.45, 7) is 0.696. The van der Waals surface area contributed by atoms with Gasteiger partial charge in [-0.15, -0.1) is 15.3 Å². The van der Waals surface area contributed by atoms with Crippen molar-refractivity contribution < 1.29 is 22.4 Å². The molecule has 0 N–H and O–H groups in total. The minimum absolute atomic E-state index is 0.103. The van der Waals surface area contributed by atoms with Crippen LogP contribution in [0.2, 0.25) is 0 Å². The smallest absolute Gasteiger partial charge is 0.417 e. The zero-order valence-electron chi connectivity index (χ0n) is 12.1. The lowest BCUT2D eigenvalue weighted by molar-refractivity contribution is -0.157. The molecule has 2 aromatic rings. The summed E-state index contributed by atoms with van der Waals surface area (Å²) in [4.78, 5) is 13.8. The van der Waals surface area contributed by atoms with Crippen LogP contribution in [0.5, 0.6) is 0 Å². The van der Waals surface area contributed by atoms with Crippen molar-refractivity contribution in [3.8, 4) is 0 Å². The van der Waals surface area contributed by atoms with E-state index in [2.05, 4.69) is 20.5 Å². The zero-order valence-corrected chi connectivity index (χ0v) is 12.1. The van der Waals surface area contributed by atoms with Crippen molar-refractivity contribution in [2.75, 3.05) is 13.1 Å². The van der Waals surface area contributed by atoms with Crippen molar-refractivity contribution in [3.63, 3.8) is 0 Å². The van der Waals surface area contributed by atoms with Gasteiger partial charge < -0.3 is 9.32 Å². The van der Waals surface area contributed by atoms with E-state index in [-0.39, 0.29) is 24.0 Å². The Hall–Kier alpha value is -2.46. The summed E-state index contributed by atoms with van der Waals surface area (Å²) in [7, 11) is 1.64. The molecule has 1 amide bonds. The Kier molecular flexibility index (Phi) is 3.78. The Bertz CT molecular complexity index is 710. The van der Waals surface area contributed by atoms with E-state index in [0.717, 1.165) is 0 Å². The number of likely N-dealkylation sites (tertiary alicyclic amines) is 1. The second-order valence-corrected chi connectivity index (χ2v) is 5.31. The summed E-state index contributed by atoms with van der Waals surface area (Å²) in [5, 5.41) is 13.9. The molecule has 3 heterocycles. The van der Waals surface area contributed by atoms with Crippen LogP contribution in [-0.4, -0.2) is 49.1 Å². The largest absolute Gasteiger partial charge is 0.470 e. The van der Waals surface area contributed by atoms with Crippen molar-refractivity contribution >= 4 is 5.91 Å². The van der Waals surface area contributed by atoms with Crippen LogP contribution in [0.3, 0.4) is 0 Å². The number of rotatable bonds is 2. The van der Waals surface area contributed by atoms with Crippen molar-refractivity contribution in [1.82, 2.24) is 30.1 Å². The van der Waals surface area contributed by atoms with Crippen LogP contribution in [-0.2, 0) is 13.2 Å². The summed E-state index contributed by atoms with van der Waals surface area (Å²) in [5.41, 5.74) is 0.189. The number of amides is 1. The number of hydrogen-bond donors (Lipinski definition) is 0. The fraction of sp³-hybridized carbons (Fsp3) is 0.583. The number of alkyl halides is 3. The van der Waals surface area contributed by atoms with E-state index < -0.39 is 18.0 Å². The first kappa shape index (κ1) is 15.4. The number of carbonyl (C=O) groups excluding carboxylic acids is 1. The van der Waals surface area contributed by atoms with Gasteiger partial charge in [0.15, 0.2) is 5.69 Å². The highest BCUT2D eigenvalue weighted by Gasteiger charge is 2.39. The maximum atomic E-state index is 12.5. The second kappa shape index (κ2) is 5.63. The number of aromatic nitrogens is 5. The minimum Gasteiger partial charge on any atom is -0.417 e. The molecule has 2 aromatic heterocycles. The van der Waals surface area contributed by atoms with Gasteiger partial charge in [0.05, 0.1) is 12.1 Å². The minimum atomic E-state index is -4.67. The highest BCUT2D eigenvalue weighted by atomic mass is 19.4.